The molecule has 6 rings (SSSR count). The predicted octanol–water partition coefficient (Wildman–Crippen LogP) is 1.28. The van der Waals surface area contributed by atoms with Crippen molar-refractivity contribution in [1.29, 1.82) is 0 Å². The SMILES string of the molecule is c1cc(N[C@@H]2CO[C@H]3COC[C@H]32)c2nc(N[C@H]3CO[C@@H]4COC[C@H]34)ccc2n1. The number of nitrogens with one attached hydrogen (secondary N) is 2. The lowest BCUT2D eigenvalue weighted by atomic mass is 10.00. The van der Waals surface area contributed by atoms with Crippen LogP contribution in [0.1, 0.15) is 0 Å². The molecule has 2 aromatic heterocycles. The molecule has 0 saturated carbocycles. The predicted molar refractivity (Wildman–Crippen MR) is 102 cm³/mol. The fraction of sp³-hybridized carbons (Fsp3) is 0.600. The van der Waals surface area contributed by atoms with Gasteiger partial charge in [-0.25, -0.2) is 4.98 Å². The summed E-state index contributed by atoms with van der Waals surface area (Å²) in [6, 6.07) is 6.45. The van der Waals surface area contributed by atoms with Gasteiger partial charge in [-0.2, -0.15) is 0 Å². The molecule has 0 aromatic carbocycles. The van der Waals surface area contributed by atoms with E-state index in [9.17, 15) is 0 Å². The maximum absolute atomic E-state index is 5.86. The zero-order chi connectivity index (χ0) is 18.5. The second kappa shape index (κ2) is 6.81. The monoisotopic (exact) mass is 384 g/mol. The molecule has 2 aromatic rings. The fourth-order valence-corrected chi connectivity index (χ4v) is 4.81. The van der Waals surface area contributed by atoms with Gasteiger partial charge in [-0.3, -0.25) is 4.98 Å². The van der Waals surface area contributed by atoms with Crippen LogP contribution in [-0.4, -0.2) is 73.9 Å². The van der Waals surface area contributed by atoms with Gasteiger partial charge in [0, 0.05) is 18.0 Å². The van der Waals surface area contributed by atoms with Crippen molar-refractivity contribution in [3.63, 3.8) is 0 Å². The highest BCUT2D eigenvalue weighted by Crippen LogP contribution is 2.32. The molecule has 2 N–H and O–H groups in total. The van der Waals surface area contributed by atoms with E-state index < -0.39 is 0 Å². The smallest absolute Gasteiger partial charge is 0.127 e. The molecule has 4 fully saturated rings. The molecule has 8 nitrogen and oxygen atoms in total. The van der Waals surface area contributed by atoms with Crippen LogP contribution in [0, 0.1) is 11.8 Å². The van der Waals surface area contributed by atoms with E-state index in [1.807, 2.05) is 24.4 Å². The Morgan fingerprint density at radius 2 is 1.50 bits per heavy atom. The zero-order valence-corrected chi connectivity index (χ0v) is 15.5. The molecule has 0 unspecified atom stereocenters. The van der Waals surface area contributed by atoms with Gasteiger partial charge in [0.1, 0.15) is 11.3 Å². The molecule has 0 spiro atoms. The Kier molecular flexibility index (Phi) is 4.11. The molecule has 4 aliphatic heterocycles. The number of ether oxygens (including phenoxy) is 4. The molecule has 0 amide bonds. The number of fused-ring (bicyclic) bond motifs is 3. The average Bonchev–Trinajstić information content (AvgIpc) is 3.47. The van der Waals surface area contributed by atoms with E-state index in [0.29, 0.717) is 38.3 Å². The van der Waals surface area contributed by atoms with Crippen molar-refractivity contribution in [2.45, 2.75) is 24.3 Å². The Bertz CT molecular complexity index is 880. The topological polar surface area (TPSA) is 86.8 Å². The maximum atomic E-state index is 5.86. The molecular formula is C20H24N4O4. The van der Waals surface area contributed by atoms with Crippen molar-refractivity contribution in [1.82, 2.24) is 9.97 Å². The number of hydrogen-bond acceptors (Lipinski definition) is 8. The van der Waals surface area contributed by atoms with Crippen LogP contribution < -0.4 is 10.6 Å². The number of anilines is 2. The lowest BCUT2D eigenvalue weighted by Crippen LogP contribution is -2.31. The summed E-state index contributed by atoms with van der Waals surface area (Å²) in [7, 11) is 0. The molecule has 0 radical (unpaired) electrons. The van der Waals surface area contributed by atoms with E-state index in [-0.39, 0.29) is 24.3 Å². The maximum Gasteiger partial charge on any atom is 0.127 e. The van der Waals surface area contributed by atoms with Gasteiger partial charge < -0.3 is 29.6 Å². The van der Waals surface area contributed by atoms with Crippen molar-refractivity contribution in [2.24, 2.45) is 11.8 Å². The Labute approximate surface area is 162 Å². The normalized spacial score (nSPS) is 36.6. The molecular weight excluding hydrogens is 360 g/mol. The molecule has 6 atom stereocenters. The van der Waals surface area contributed by atoms with Crippen LogP contribution in [0.15, 0.2) is 24.4 Å². The molecule has 8 heteroatoms. The molecule has 4 aliphatic rings. The second-order valence-corrected chi connectivity index (χ2v) is 8.07. The zero-order valence-electron chi connectivity index (χ0n) is 15.5. The molecule has 6 heterocycles. The highest BCUT2D eigenvalue weighted by Gasteiger charge is 2.42. The Hall–Kier alpha value is -2.00. The lowest BCUT2D eigenvalue weighted by molar-refractivity contribution is 0.0698. The third-order valence-corrected chi connectivity index (χ3v) is 6.41. The van der Waals surface area contributed by atoms with E-state index in [4.69, 9.17) is 23.9 Å². The van der Waals surface area contributed by atoms with Gasteiger partial charge in [0.25, 0.3) is 0 Å². The number of pyridine rings is 2. The summed E-state index contributed by atoms with van der Waals surface area (Å²) in [6.07, 6.45) is 2.24. The van der Waals surface area contributed by atoms with E-state index in [1.165, 1.54) is 0 Å². The summed E-state index contributed by atoms with van der Waals surface area (Å²) in [6.45, 7) is 4.28. The number of aromatic nitrogens is 2. The van der Waals surface area contributed by atoms with Gasteiger partial charge in [-0.1, -0.05) is 0 Å². The van der Waals surface area contributed by atoms with Crippen molar-refractivity contribution in [2.75, 3.05) is 50.3 Å². The summed E-state index contributed by atoms with van der Waals surface area (Å²) in [5.41, 5.74) is 2.73. The number of hydrogen-bond donors (Lipinski definition) is 2. The Morgan fingerprint density at radius 1 is 0.786 bits per heavy atom. The molecule has 0 bridgehead atoms. The van der Waals surface area contributed by atoms with Crippen LogP contribution in [0.25, 0.3) is 11.0 Å². The summed E-state index contributed by atoms with van der Waals surface area (Å²) < 4.78 is 22.8. The summed E-state index contributed by atoms with van der Waals surface area (Å²) in [4.78, 5) is 9.35. The van der Waals surface area contributed by atoms with Crippen LogP contribution in [0.4, 0.5) is 11.5 Å². The standard InChI is InChI=1S/C20H24N4O4/c1-2-19(23-16-8-28-18-10-26-6-12(16)18)24-20-13(1)21-4-3-14(20)22-15-7-27-17-9-25-5-11(15)17/h1-4,11-12,15-18H,5-10H2,(H,21,22)(H,23,24)/t11-,12+,15+,16-,17-,18+/m0/s1. The summed E-state index contributed by atoms with van der Waals surface area (Å²) in [5.74, 6) is 1.62. The first-order chi connectivity index (χ1) is 13.8. The summed E-state index contributed by atoms with van der Waals surface area (Å²) in [5, 5.41) is 7.18. The highest BCUT2D eigenvalue weighted by molar-refractivity contribution is 5.88. The van der Waals surface area contributed by atoms with Gasteiger partial charge in [0.05, 0.1) is 75.1 Å². The van der Waals surface area contributed by atoms with E-state index in [2.05, 4.69) is 15.6 Å². The molecule has 28 heavy (non-hydrogen) atoms. The number of nitrogens with zero attached hydrogens (tertiary/aromatic N) is 2. The average molecular weight is 384 g/mol. The van der Waals surface area contributed by atoms with Crippen LogP contribution in [0.3, 0.4) is 0 Å². The van der Waals surface area contributed by atoms with Crippen LogP contribution in [0.2, 0.25) is 0 Å². The van der Waals surface area contributed by atoms with Crippen molar-refractivity contribution in [3.8, 4) is 0 Å². The molecule has 4 saturated heterocycles. The minimum Gasteiger partial charge on any atom is -0.378 e. The van der Waals surface area contributed by atoms with Crippen LogP contribution in [0.5, 0.6) is 0 Å². The van der Waals surface area contributed by atoms with Gasteiger partial charge >= 0.3 is 0 Å². The van der Waals surface area contributed by atoms with Crippen LogP contribution in [-0.2, 0) is 18.9 Å². The van der Waals surface area contributed by atoms with Crippen molar-refractivity contribution in [3.05, 3.63) is 24.4 Å². The van der Waals surface area contributed by atoms with Gasteiger partial charge in [0.2, 0.25) is 0 Å². The molecule has 0 aliphatic carbocycles. The third-order valence-electron chi connectivity index (χ3n) is 6.41. The van der Waals surface area contributed by atoms with Gasteiger partial charge in [0.15, 0.2) is 0 Å². The van der Waals surface area contributed by atoms with E-state index >= 15 is 0 Å². The quantitative estimate of drug-likeness (QED) is 0.815. The van der Waals surface area contributed by atoms with Crippen molar-refractivity contribution >= 4 is 22.5 Å². The largest absolute Gasteiger partial charge is 0.378 e. The van der Waals surface area contributed by atoms with E-state index in [0.717, 1.165) is 35.8 Å². The number of rotatable bonds is 4. The fourth-order valence-electron chi connectivity index (χ4n) is 4.81. The van der Waals surface area contributed by atoms with Gasteiger partial charge in [-0.05, 0) is 18.2 Å². The Balaban J connectivity index is 1.25. The van der Waals surface area contributed by atoms with Gasteiger partial charge in [-0.15, -0.1) is 0 Å². The van der Waals surface area contributed by atoms with Crippen LogP contribution >= 0.6 is 0 Å². The third kappa shape index (κ3) is 2.83. The minimum atomic E-state index is 0.208. The molecule has 148 valence electrons. The first-order valence-corrected chi connectivity index (χ1v) is 10.0. The lowest BCUT2D eigenvalue weighted by Gasteiger charge is -2.20. The first kappa shape index (κ1) is 16.9. The summed E-state index contributed by atoms with van der Waals surface area (Å²) >= 11 is 0. The van der Waals surface area contributed by atoms with E-state index in [1.54, 1.807) is 0 Å². The second-order valence-electron chi connectivity index (χ2n) is 8.07. The highest BCUT2D eigenvalue weighted by atomic mass is 16.6. The first-order valence-electron chi connectivity index (χ1n) is 10.0. The van der Waals surface area contributed by atoms with Crippen molar-refractivity contribution < 1.29 is 18.9 Å². The minimum absolute atomic E-state index is 0.208. The Morgan fingerprint density at radius 3 is 2.25 bits per heavy atom.